The van der Waals surface area contributed by atoms with Gasteiger partial charge in [-0.15, -0.1) is 0 Å². The van der Waals surface area contributed by atoms with Gasteiger partial charge < -0.3 is 5.32 Å². The Hall–Kier alpha value is -2.61. The fourth-order valence-corrected chi connectivity index (χ4v) is 2.29. The number of amides is 1. The van der Waals surface area contributed by atoms with E-state index in [1.807, 2.05) is 67.6 Å². The molecule has 0 aromatic heterocycles. The van der Waals surface area contributed by atoms with Crippen LogP contribution in [0.15, 0.2) is 66.7 Å². The van der Waals surface area contributed by atoms with Crippen molar-refractivity contribution in [2.45, 2.75) is 6.92 Å². The van der Waals surface area contributed by atoms with E-state index in [9.17, 15) is 4.79 Å². The summed E-state index contributed by atoms with van der Waals surface area (Å²) in [5.74, 6) is -0.0709. The summed E-state index contributed by atoms with van der Waals surface area (Å²) in [6.07, 6.45) is 0. The van der Waals surface area contributed by atoms with Gasteiger partial charge in [0.05, 0.1) is 0 Å². The highest BCUT2D eigenvalue weighted by molar-refractivity contribution is 6.06. The predicted molar refractivity (Wildman–Crippen MR) is 83.1 cm³/mol. The molecular formula is C18H15NO. The van der Waals surface area contributed by atoms with Gasteiger partial charge in [0.25, 0.3) is 5.91 Å². The zero-order chi connectivity index (χ0) is 13.9. The topological polar surface area (TPSA) is 29.1 Å². The number of benzene rings is 3. The molecule has 0 spiro atoms. The molecule has 0 heterocycles. The summed E-state index contributed by atoms with van der Waals surface area (Å²) in [6.45, 7) is 1.94. The van der Waals surface area contributed by atoms with Crippen LogP contribution < -0.4 is 5.32 Å². The molecule has 0 aliphatic carbocycles. The van der Waals surface area contributed by atoms with E-state index in [2.05, 4.69) is 11.4 Å². The van der Waals surface area contributed by atoms with Crippen molar-refractivity contribution in [2.24, 2.45) is 0 Å². The fourth-order valence-electron chi connectivity index (χ4n) is 2.29. The van der Waals surface area contributed by atoms with Crippen molar-refractivity contribution in [3.8, 4) is 0 Å². The Morgan fingerprint density at radius 1 is 0.850 bits per heavy atom. The largest absolute Gasteiger partial charge is 0.322 e. The van der Waals surface area contributed by atoms with Gasteiger partial charge in [-0.2, -0.15) is 0 Å². The highest BCUT2D eigenvalue weighted by Crippen LogP contribution is 2.19. The van der Waals surface area contributed by atoms with Gasteiger partial charge in [-0.05, 0) is 41.5 Å². The van der Waals surface area contributed by atoms with E-state index in [0.717, 1.165) is 16.6 Å². The molecule has 0 saturated heterocycles. The highest BCUT2D eigenvalue weighted by atomic mass is 16.1. The molecular weight excluding hydrogens is 246 g/mol. The third-order valence-electron chi connectivity index (χ3n) is 3.40. The molecule has 0 radical (unpaired) electrons. The minimum atomic E-state index is -0.0709. The molecule has 0 fully saturated rings. The molecule has 3 rings (SSSR count). The summed E-state index contributed by atoms with van der Waals surface area (Å²) < 4.78 is 0. The first-order valence-corrected chi connectivity index (χ1v) is 6.60. The molecule has 0 bridgehead atoms. The standard InChI is InChI=1S/C18H15NO/c1-13-6-2-5-9-17(13)18(20)19-16-11-10-14-7-3-4-8-15(14)12-16/h2-12H,1H3,(H,19,20). The maximum atomic E-state index is 12.3. The summed E-state index contributed by atoms with van der Waals surface area (Å²) in [7, 11) is 0. The third-order valence-corrected chi connectivity index (χ3v) is 3.40. The van der Waals surface area contributed by atoms with E-state index in [1.54, 1.807) is 0 Å². The van der Waals surface area contributed by atoms with Gasteiger partial charge in [0, 0.05) is 11.3 Å². The fraction of sp³-hybridized carbons (Fsp3) is 0.0556. The van der Waals surface area contributed by atoms with Crippen LogP contribution in [0, 0.1) is 6.92 Å². The summed E-state index contributed by atoms with van der Waals surface area (Å²) in [6, 6.07) is 21.6. The Morgan fingerprint density at radius 3 is 2.35 bits per heavy atom. The van der Waals surface area contributed by atoms with E-state index >= 15 is 0 Å². The molecule has 2 nitrogen and oxygen atoms in total. The maximum absolute atomic E-state index is 12.3. The quantitative estimate of drug-likeness (QED) is 0.727. The lowest BCUT2D eigenvalue weighted by atomic mass is 10.1. The second-order valence-electron chi connectivity index (χ2n) is 4.83. The summed E-state index contributed by atoms with van der Waals surface area (Å²) in [5.41, 5.74) is 2.50. The van der Waals surface area contributed by atoms with Gasteiger partial charge in [-0.25, -0.2) is 0 Å². The molecule has 0 aliphatic rings. The van der Waals surface area contributed by atoms with Gasteiger partial charge in [0.2, 0.25) is 0 Å². The number of aryl methyl sites for hydroxylation is 1. The first kappa shape index (κ1) is 12.4. The maximum Gasteiger partial charge on any atom is 0.255 e. The van der Waals surface area contributed by atoms with Gasteiger partial charge in [-0.1, -0.05) is 48.5 Å². The van der Waals surface area contributed by atoms with E-state index in [4.69, 9.17) is 0 Å². The Morgan fingerprint density at radius 2 is 1.55 bits per heavy atom. The monoisotopic (exact) mass is 261 g/mol. The Kier molecular flexibility index (Phi) is 3.21. The number of fused-ring (bicyclic) bond motifs is 1. The lowest BCUT2D eigenvalue weighted by Crippen LogP contribution is -2.13. The number of carbonyl (C=O) groups excluding carboxylic acids is 1. The van der Waals surface area contributed by atoms with Gasteiger partial charge in [-0.3, -0.25) is 4.79 Å². The first-order chi connectivity index (χ1) is 9.74. The van der Waals surface area contributed by atoms with Crippen LogP contribution in [-0.4, -0.2) is 5.91 Å². The van der Waals surface area contributed by atoms with Crippen molar-refractivity contribution < 1.29 is 4.79 Å². The number of anilines is 1. The smallest absolute Gasteiger partial charge is 0.255 e. The van der Waals surface area contributed by atoms with Crippen LogP contribution in [0.25, 0.3) is 10.8 Å². The van der Waals surface area contributed by atoms with Gasteiger partial charge in [0.15, 0.2) is 0 Å². The van der Waals surface area contributed by atoms with Crippen LogP contribution in [0.5, 0.6) is 0 Å². The normalized spacial score (nSPS) is 10.4. The number of nitrogens with one attached hydrogen (secondary N) is 1. The van der Waals surface area contributed by atoms with Crippen LogP contribution in [0.1, 0.15) is 15.9 Å². The van der Waals surface area contributed by atoms with Crippen LogP contribution in [0.4, 0.5) is 5.69 Å². The average molecular weight is 261 g/mol. The Labute approximate surface area is 118 Å². The molecule has 0 unspecified atom stereocenters. The van der Waals surface area contributed by atoms with Crippen LogP contribution >= 0.6 is 0 Å². The zero-order valence-corrected chi connectivity index (χ0v) is 11.3. The predicted octanol–water partition coefficient (Wildman–Crippen LogP) is 4.40. The number of carbonyl (C=O) groups is 1. The molecule has 0 saturated carbocycles. The number of hydrogen-bond acceptors (Lipinski definition) is 1. The molecule has 98 valence electrons. The molecule has 1 amide bonds. The van der Waals surface area contributed by atoms with E-state index in [1.165, 1.54) is 5.39 Å². The lowest BCUT2D eigenvalue weighted by molar-refractivity contribution is 0.102. The van der Waals surface area contributed by atoms with Crippen molar-refractivity contribution in [3.63, 3.8) is 0 Å². The van der Waals surface area contributed by atoms with Crippen molar-refractivity contribution in [3.05, 3.63) is 77.9 Å². The molecule has 0 aliphatic heterocycles. The molecule has 3 aromatic carbocycles. The van der Waals surface area contributed by atoms with Crippen molar-refractivity contribution in [1.82, 2.24) is 0 Å². The van der Waals surface area contributed by atoms with E-state index < -0.39 is 0 Å². The van der Waals surface area contributed by atoms with E-state index in [0.29, 0.717) is 5.56 Å². The third kappa shape index (κ3) is 2.41. The van der Waals surface area contributed by atoms with Crippen molar-refractivity contribution >= 4 is 22.4 Å². The molecule has 20 heavy (non-hydrogen) atoms. The van der Waals surface area contributed by atoms with Crippen LogP contribution in [0.2, 0.25) is 0 Å². The molecule has 2 heteroatoms. The van der Waals surface area contributed by atoms with Crippen LogP contribution in [0.3, 0.4) is 0 Å². The summed E-state index contributed by atoms with van der Waals surface area (Å²) in [5, 5.41) is 5.24. The zero-order valence-electron chi connectivity index (χ0n) is 11.3. The Balaban J connectivity index is 1.89. The summed E-state index contributed by atoms with van der Waals surface area (Å²) >= 11 is 0. The van der Waals surface area contributed by atoms with Gasteiger partial charge >= 0.3 is 0 Å². The highest BCUT2D eigenvalue weighted by Gasteiger charge is 2.08. The average Bonchev–Trinajstić information content (AvgIpc) is 2.47. The molecule has 0 atom stereocenters. The summed E-state index contributed by atoms with van der Waals surface area (Å²) in [4.78, 5) is 12.3. The molecule has 3 aromatic rings. The number of hydrogen-bond donors (Lipinski definition) is 1. The second-order valence-corrected chi connectivity index (χ2v) is 4.83. The first-order valence-electron chi connectivity index (χ1n) is 6.60. The Bertz CT molecular complexity index is 777. The SMILES string of the molecule is Cc1ccccc1C(=O)Nc1ccc2ccccc2c1. The lowest BCUT2D eigenvalue weighted by Gasteiger charge is -2.08. The van der Waals surface area contributed by atoms with Crippen molar-refractivity contribution in [2.75, 3.05) is 5.32 Å². The number of rotatable bonds is 2. The minimum Gasteiger partial charge on any atom is -0.322 e. The molecule has 1 N–H and O–H groups in total. The van der Waals surface area contributed by atoms with Crippen LogP contribution in [-0.2, 0) is 0 Å². The minimum absolute atomic E-state index is 0.0709. The second kappa shape index (κ2) is 5.17. The van der Waals surface area contributed by atoms with Crippen molar-refractivity contribution in [1.29, 1.82) is 0 Å². The van der Waals surface area contributed by atoms with Gasteiger partial charge in [0.1, 0.15) is 0 Å². The van der Waals surface area contributed by atoms with E-state index in [-0.39, 0.29) is 5.91 Å².